The van der Waals surface area contributed by atoms with E-state index in [1.807, 2.05) is 0 Å². The predicted octanol–water partition coefficient (Wildman–Crippen LogP) is 2.53. The van der Waals surface area contributed by atoms with Gasteiger partial charge in [-0.25, -0.2) is 13.8 Å². The van der Waals surface area contributed by atoms with Gasteiger partial charge in [-0.15, -0.1) is 0 Å². The van der Waals surface area contributed by atoms with Gasteiger partial charge in [-0.2, -0.15) is 0 Å². The molecule has 0 spiro atoms. The minimum Gasteiger partial charge on any atom is -0.378 e. The van der Waals surface area contributed by atoms with E-state index in [9.17, 15) is 23.2 Å². The molecule has 5 nitrogen and oxygen atoms in total. The van der Waals surface area contributed by atoms with Crippen LogP contribution >= 0.6 is 0 Å². The summed E-state index contributed by atoms with van der Waals surface area (Å²) in [5.74, 6) is -3.17. The van der Waals surface area contributed by atoms with Crippen LogP contribution < -0.4 is 0 Å². The number of carbonyl (C=O) groups is 3. The van der Waals surface area contributed by atoms with Gasteiger partial charge < -0.3 is 4.74 Å². The predicted molar refractivity (Wildman–Crippen MR) is 78.6 cm³/mol. The summed E-state index contributed by atoms with van der Waals surface area (Å²) in [6.45, 7) is -0.149. The Morgan fingerprint density at radius 1 is 1.25 bits per heavy atom. The maximum Gasteiger partial charge on any atom is 0.280 e. The number of nitrogens with zero attached hydrogens (tertiary/aromatic N) is 1. The average Bonchev–Trinajstić information content (AvgIpc) is 3.00. The van der Waals surface area contributed by atoms with Crippen molar-refractivity contribution in [1.82, 2.24) is 4.98 Å². The number of rotatable bonds is 5. The van der Waals surface area contributed by atoms with Gasteiger partial charge in [-0.1, -0.05) is 0 Å². The van der Waals surface area contributed by atoms with E-state index in [0.29, 0.717) is 19.3 Å². The number of Topliss-reactive ketones (excluding diaryl/α,β-unsaturated/α-hetero) is 3. The zero-order valence-electron chi connectivity index (χ0n) is 13.1. The van der Waals surface area contributed by atoms with Crippen molar-refractivity contribution < 1.29 is 27.9 Å². The van der Waals surface area contributed by atoms with E-state index < -0.39 is 23.8 Å². The number of hydrogen-bond donors (Lipinski definition) is 0. The first-order valence-corrected chi connectivity index (χ1v) is 7.82. The molecule has 0 radical (unpaired) electrons. The van der Waals surface area contributed by atoms with Gasteiger partial charge in [0.15, 0.2) is 17.3 Å². The molecule has 128 valence electrons. The number of ether oxygens (including phenoxy) is 1. The molecule has 2 atom stereocenters. The van der Waals surface area contributed by atoms with Crippen molar-refractivity contribution >= 4 is 17.3 Å². The third-order valence-corrected chi connectivity index (χ3v) is 4.83. The van der Waals surface area contributed by atoms with Crippen molar-refractivity contribution in [2.24, 2.45) is 17.8 Å². The monoisotopic (exact) mass is 337 g/mol. The minimum atomic E-state index is -2.78. The first kappa shape index (κ1) is 16.8. The van der Waals surface area contributed by atoms with E-state index in [-0.39, 0.29) is 41.3 Å². The largest absolute Gasteiger partial charge is 0.378 e. The highest BCUT2D eigenvalue weighted by molar-refractivity contribution is 6.26. The van der Waals surface area contributed by atoms with Gasteiger partial charge in [-0.3, -0.25) is 14.4 Å². The molecule has 7 heteroatoms. The molecule has 24 heavy (non-hydrogen) atoms. The Kier molecular flexibility index (Phi) is 4.54. The maximum atomic E-state index is 12.8. The standard InChI is InChI=1S/C17H17F2NO4/c1-24-7-12-10(4-5-11(20-12)17(18)19)16(23)13-14(21)8-2-3-9(6-8)15(13)22/h4-5,8-9,13,17H,2-3,6-7H2,1H3. The molecule has 2 bridgehead atoms. The molecule has 0 aliphatic heterocycles. The molecule has 0 saturated heterocycles. The SMILES string of the molecule is COCc1nc(C(F)F)ccc1C(=O)C1C(=O)C2CCC(C2)C1=O. The van der Waals surface area contributed by atoms with Gasteiger partial charge in [0, 0.05) is 24.5 Å². The number of aromatic nitrogens is 1. The number of ketones is 3. The van der Waals surface area contributed by atoms with Crippen LogP contribution in [0.2, 0.25) is 0 Å². The summed E-state index contributed by atoms with van der Waals surface area (Å²) in [6, 6.07) is 2.26. The Balaban J connectivity index is 1.97. The van der Waals surface area contributed by atoms with Crippen LogP contribution in [0, 0.1) is 17.8 Å². The molecule has 2 aliphatic rings. The smallest absolute Gasteiger partial charge is 0.280 e. The lowest BCUT2D eigenvalue weighted by atomic mass is 9.75. The molecule has 1 heterocycles. The Bertz CT molecular complexity index is 682. The number of carbonyl (C=O) groups excluding carboxylic acids is 3. The topological polar surface area (TPSA) is 73.3 Å². The lowest BCUT2D eigenvalue weighted by molar-refractivity contribution is -0.137. The molecule has 1 aromatic heterocycles. The first-order valence-electron chi connectivity index (χ1n) is 7.82. The molecule has 2 aliphatic carbocycles. The van der Waals surface area contributed by atoms with Crippen molar-refractivity contribution in [3.05, 3.63) is 29.1 Å². The maximum absolute atomic E-state index is 12.8. The van der Waals surface area contributed by atoms with Crippen molar-refractivity contribution in [3.63, 3.8) is 0 Å². The molecule has 2 fully saturated rings. The van der Waals surface area contributed by atoms with Crippen molar-refractivity contribution in [1.29, 1.82) is 0 Å². The van der Waals surface area contributed by atoms with Crippen LogP contribution in [0.4, 0.5) is 8.78 Å². The van der Waals surface area contributed by atoms with Crippen LogP contribution in [-0.2, 0) is 20.9 Å². The normalized spacial score (nSPS) is 26.2. The summed E-state index contributed by atoms with van der Waals surface area (Å²) < 4.78 is 30.5. The molecule has 2 unspecified atom stereocenters. The van der Waals surface area contributed by atoms with E-state index >= 15 is 0 Å². The van der Waals surface area contributed by atoms with Crippen LogP contribution in [-0.4, -0.2) is 29.4 Å². The van der Waals surface area contributed by atoms with Crippen LogP contribution in [0.1, 0.15) is 47.4 Å². The van der Waals surface area contributed by atoms with E-state index in [1.54, 1.807) is 0 Å². The lowest BCUT2D eigenvalue weighted by Crippen LogP contribution is -2.41. The summed E-state index contributed by atoms with van der Waals surface area (Å²) in [5.41, 5.74) is -0.437. The number of fused-ring (bicyclic) bond motifs is 2. The Labute approximate surface area is 137 Å². The fourth-order valence-corrected chi connectivity index (χ4v) is 3.63. The molecule has 0 amide bonds. The molecule has 3 rings (SSSR count). The van der Waals surface area contributed by atoms with E-state index in [4.69, 9.17) is 4.74 Å². The fourth-order valence-electron chi connectivity index (χ4n) is 3.63. The summed E-state index contributed by atoms with van der Waals surface area (Å²) >= 11 is 0. The Hall–Kier alpha value is -2.02. The molecule has 0 aromatic carbocycles. The van der Waals surface area contributed by atoms with Gasteiger partial charge in [0.25, 0.3) is 6.43 Å². The van der Waals surface area contributed by atoms with E-state index in [1.165, 1.54) is 13.2 Å². The van der Waals surface area contributed by atoms with Gasteiger partial charge in [0.1, 0.15) is 11.6 Å². The molecule has 0 N–H and O–H groups in total. The van der Waals surface area contributed by atoms with Crippen molar-refractivity contribution in [2.75, 3.05) is 7.11 Å². The second-order valence-corrected chi connectivity index (χ2v) is 6.27. The van der Waals surface area contributed by atoms with Crippen molar-refractivity contribution in [3.8, 4) is 0 Å². The van der Waals surface area contributed by atoms with Gasteiger partial charge >= 0.3 is 0 Å². The van der Waals surface area contributed by atoms with Crippen LogP contribution in [0.25, 0.3) is 0 Å². The van der Waals surface area contributed by atoms with Gasteiger partial charge in [0.2, 0.25) is 0 Å². The van der Waals surface area contributed by atoms with Crippen molar-refractivity contribution in [2.45, 2.75) is 32.3 Å². The van der Waals surface area contributed by atoms with Crippen LogP contribution in [0.3, 0.4) is 0 Å². The number of methoxy groups -OCH3 is 1. The van der Waals surface area contributed by atoms with Crippen LogP contribution in [0.5, 0.6) is 0 Å². The lowest BCUT2D eigenvalue weighted by Gasteiger charge is -2.24. The zero-order valence-corrected chi connectivity index (χ0v) is 13.1. The number of alkyl halides is 2. The second-order valence-electron chi connectivity index (χ2n) is 6.27. The highest BCUT2D eigenvalue weighted by atomic mass is 19.3. The second kappa shape index (κ2) is 6.47. The molecule has 2 saturated carbocycles. The molecular weight excluding hydrogens is 320 g/mol. The molecular formula is C17H17F2NO4. The third kappa shape index (κ3) is 2.77. The summed E-state index contributed by atoms with van der Waals surface area (Å²) in [6.07, 6.45) is -0.993. The quantitative estimate of drug-likeness (QED) is 0.610. The van der Waals surface area contributed by atoms with Gasteiger partial charge in [-0.05, 0) is 31.4 Å². The number of halogens is 2. The number of pyridine rings is 1. The first-order chi connectivity index (χ1) is 11.4. The highest BCUT2D eigenvalue weighted by Gasteiger charge is 2.50. The highest BCUT2D eigenvalue weighted by Crippen LogP contribution is 2.41. The third-order valence-electron chi connectivity index (χ3n) is 4.83. The average molecular weight is 337 g/mol. The van der Waals surface area contributed by atoms with E-state index in [0.717, 1.165) is 6.07 Å². The van der Waals surface area contributed by atoms with Gasteiger partial charge in [0.05, 0.1) is 12.3 Å². The Morgan fingerprint density at radius 2 is 1.88 bits per heavy atom. The summed E-state index contributed by atoms with van der Waals surface area (Å²) in [5, 5.41) is 0. The van der Waals surface area contributed by atoms with E-state index in [2.05, 4.69) is 4.98 Å². The fraction of sp³-hybridized carbons (Fsp3) is 0.529. The minimum absolute atomic E-state index is 0.00856. The summed E-state index contributed by atoms with van der Waals surface area (Å²) in [4.78, 5) is 41.4. The summed E-state index contributed by atoms with van der Waals surface area (Å²) in [7, 11) is 1.35. The number of hydrogen-bond acceptors (Lipinski definition) is 5. The zero-order chi connectivity index (χ0) is 17.4. The van der Waals surface area contributed by atoms with Crippen LogP contribution in [0.15, 0.2) is 12.1 Å². The molecule has 1 aromatic rings. The Morgan fingerprint density at radius 3 is 2.42 bits per heavy atom.